The van der Waals surface area contributed by atoms with E-state index in [4.69, 9.17) is 39.9 Å². The van der Waals surface area contributed by atoms with E-state index in [0.717, 1.165) is 233 Å². The summed E-state index contributed by atoms with van der Waals surface area (Å²) in [6, 6.07) is 69.6. The van der Waals surface area contributed by atoms with Crippen LogP contribution in [-0.2, 0) is 48.7 Å². The molecule has 10 aromatic carbocycles. The lowest BCUT2D eigenvalue weighted by atomic mass is 9.95. The first-order chi connectivity index (χ1) is 63.9. The number of likely N-dealkylation sites (tertiary alicyclic amines) is 2. The molecule has 3 fully saturated rings. The Morgan fingerprint density at radius 1 is 0.438 bits per heavy atom. The molecule has 658 valence electrons. The van der Waals surface area contributed by atoms with Gasteiger partial charge in [-0.15, -0.1) is 10.2 Å². The summed E-state index contributed by atoms with van der Waals surface area (Å²) in [5, 5.41) is 30.9. The number of hydrogen-bond acceptors (Lipinski definition) is 21. The number of morpholine rings is 1. The molecule has 0 aliphatic carbocycles. The molecule has 6 N–H and O–H groups in total. The fraction of sp³-hybridized carbons (Fsp3) is 0.298. The number of amides is 2. The Bertz CT molecular complexity index is 6360. The largest absolute Gasteiger partial charge is 0.493 e. The van der Waals surface area contributed by atoms with Crippen LogP contribution >= 0.6 is 0 Å². The highest BCUT2D eigenvalue weighted by Gasteiger charge is 2.28. The Balaban J connectivity index is 0.000000110. The number of H-pyrrole nitrogens is 3. The van der Waals surface area contributed by atoms with Gasteiger partial charge in [0, 0.05) is 135 Å². The minimum absolute atomic E-state index is 0.0255. The van der Waals surface area contributed by atoms with E-state index in [1.165, 1.54) is 109 Å². The second-order valence-corrected chi connectivity index (χ2v) is 34.0. The molecule has 26 nitrogen and oxygen atoms in total. The molecule has 0 saturated carbocycles. The first-order valence-electron chi connectivity index (χ1n) is 45.3. The van der Waals surface area contributed by atoms with Gasteiger partial charge >= 0.3 is 0 Å². The molecule has 0 unspecified atom stereocenters. The number of aryl methyl sites for hydroxylation is 2. The second kappa shape index (κ2) is 41.4. The summed E-state index contributed by atoms with van der Waals surface area (Å²) < 4.78 is 17.0. The second-order valence-electron chi connectivity index (χ2n) is 34.0. The van der Waals surface area contributed by atoms with E-state index < -0.39 is 5.91 Å². The van der Waals surface area contributed by atoms with E-state index in [0.29, 0.717) is 50.4 Å². The van der Waals surface area contributed by atoms with E-state index in [1.54, 1.807) is 12.1 Å². The van der Waals surface area contributed by atoms with Gasteiger partial charge in [-0.2, -0.15) is 15.4 Å². The number of ketones is 1. The first-order valence-corrected chi connectivity index (χ1v) is 45.3. The lowest BCUT2D eigenvalue weighted by Crippen LogP contribution is -2.36. The van der Waals surface area contributed by atoms with Crippen molar-refractivity contribution in [2.75, 3.05) is 90.6 Å². The predicted octanol–water partition coefficient (Wildman–Crippen LogP) is 16.0. The number of carbonyl (C=O) groups excluding carboxylic acids is 3. The van der Waals surface area contributed by atoms with Crippen molar-refractivity contribution in [1.82, 2.24) is 65.7 Å². The van der Waals surface area contributed by atoms with Crippen LogP contribution in [0.4, 0.5) is 5.69 Å². The Morgan fingerprint density at radius 2 is 0.923 bits per heavy atom. The highest BCUT2D eigenvalue weighted by atomic mass is 16.5. The van der Waals surface area contributed by atoms with Gasteiger partial charge in [-0.1, -0.05) is 151 Å². The summed E-state index contributed by atoms with van der Waals surface area (Å²) in [5.74, 6) is 3.87. The molecule has 130 heavy (non-hydrogen) atoms. The SMILES string of the molecule is Cc1ccc(C2=NCc3ccc(-c4ncn[nH]4)cc32)cc1.Cc1ccc(C2=NCc3ccc(C(=O)CCCCN4CCOCC4)cc32)cc1.NC(=O)c1ccc2c(c1)C(c1cccc(NC(=O)CCN3CCCCC3)c1)=NC2.c1cc(OCCN2CCCCC2)cc(C2=NCc3ccc(-c4ncn[nH]4)cc32)c1.c1cc2c(cc1C1=NCc3ccc(-c4nn[nH]n4)cc31)CCO2. The number of carbonyl (C=O) groups is 3. The molecule has 13 aromatic rings. The van der Waals surface area contributed by atoms with Crippen LogP contribution in [0, 0.1) is 13.8 Å². The molecule has 9 aliphatic heterocycles. The van der Waals surface area contributed by atoms with Gasteiger partial charge < -0.3 is 30.2 Å². The first kappa shape index (κ1) is 86.7. The average Bonchev–Trinajstić information content (AvgIpc) is 1.67. The number of ether oxygens (including phenoxy) is 3. The number of tetrazole rings is 1. The van der Waals surface area contributed by atoms with Crippen molar-refractivity contribution in [3.05, 3.63) is 330 Å². The minimum Gasteiger partial charge on any atom is -0.493 e. The van der Waals surface area contributed by atoms with Crippen LogP contribution in [0.5, 0.6) is 11.5 Å². The maximum Gasteiger partial charge on any atom is 0.248 e. The number of aromatic nitrogens is 10. The number of benzene rings is 10. The molecular weight excluding hydrogens is 1630 g/mol. The van der Waals surface area contributed by atoms with Gasteiger partial charge in [-0.05, 0) is 203 Å². The van der Waals surface area contributed by atoms with Crippen molar-refractivity contribution in [2.45, 2.75) is 117 Å². The van der Waals surface area contributed by atoms with E-state index in [2.05, 4.69) is 217 Å². The minimum atomic E-state index is -0.450. The van der Waals surface area contributed by atoms with Crippen LogP contribution in [0.15, 0.2) is 244 Å². The number of hydrogen-bond donors (Lipinski definition) is 5. The number of anilines is 1. The summed E-state index contributed by atoms with van der Waals surface area (Å²) >= 11 is 0. The zero-order valence-corrected chi connectivity index (χ0v) is 73.5. The summed E-state index contributed by atoms with van der Waals surface area (Å²) in [6.45, 7) is 20.3. The van der Waals surface area contributed by atoms with Crippen molar-refractivity contribution in [2.24, 2.45) is 30.7 Å². The molecule has 22 rings (SSSR count). The molecule has 3 saturated heterocycles. The summed E-state index contributed by atoms with van der Waals surface area (Å²) in [7, 11) is 0. The maximum atomic E-state index is 12.7. The molecular formula is C104H106N20O6. The number of Topliss-reactive ketones (excluding diaryl/α,β-unsaturated/α-hetero) is 1. The highest BCUT2D eigenvalue weighted by molar-refractivity contribution is 6.19. The lowest BCUT2D eigenvalue weighted by molar-refractivity contribution is -0.116. The van der Waals surface area contributed by atoms with E-state index >= 15 is 0 Å². The van der Waals surface area contributed by atoms with Crippen molar-refractivity contribution in [3.63, 3.8) is 0 Å². The number of rotatable bonds is 23. The zero-order valence-electron chi connectivity index (χ0n) is 73.5. The quantitative estimate of drug-likeness (QED) is 0.0293. The van der Waals surface area contributed by atoms with Gasteiger partial charge in [0.2, 0.25) is 17.6 Å². The van der Waals surface area contributed by atoms with Crippen LogP contribution < -0.4 is 20.5 Å². The molecule has 3 aromatic heterocycles. The fourth-order valence-corrected chi connectivity index (χ4v) is 17.9. The third kappa shape index (κ3) is 21.2. The molecule has 26 heteroatoms. The molecule has 0 spiro atoms. The molecule has 2 amide bonds. The van der Waals surface area contributed by atoms with E-state index in [1.807, 2.05) is 66.7 Å². The Labute approximate surface area is 756 Å². The summed E-state index contributed by atoms with van der Waals surface area (Å²) in [6.07, 6.45) is 14.9. The standard InChI is InChI=1S/C24H28N2O2.C23H25N5O.C23H26N4O2.C17H13N5O.C17H14N4/c1-18-5-7-19(8-6-18)24-22-16-20(9-10-21(22)17-25-24)23(27)4-2-3-11-26-12-14-28-15-13-26;1-2-9-28(10-3-1)11-12-29-20-6-4-5-17(13-20)22-21-14-18(23-25-16-26-27-23)7-8-19(21)15-24-22;24-23(29)17-7-8-18-15-25-22(20(18)14-17)16-5-4-6-19(13-16)26-21(28)9-12-27-10-2-1-3-11-27;1-2-13-9-18-16(11-3-4-15-10(7-11)5-6-23-15)14(13)8-12(1)17-19-21-22-20-17;1-11-2-4-12(5-3-11)16-15-8-13(17-19-10-20-21-17)6-7-14(15)9-18-16/h5-10,16H,2-4,11-15,17H2,1H3;4-8,13-14,16H,1-3,9-12,15H2,(H,25,26,27);4-8,13-14H,1-3,9-12,15H2,(H2,24,29)(H,26,28);1-4,7-8H,5-6,9H2,(H,19,20,21,22);2-8,10H,9H2,1H3,(H,19,20,21). The Hall–Kier alpha value is -14.1. The van der Waals surface area contributed by atoms with Gasteiger partial charge in [0.15, 0.2) is 17.4 Å². The van der Waals surface area contributed by atoms with Gasteiger partial charge in [0.05, 0.1) is 81.1 Å². The van der Waals surface area contributed by atoms with Crippen LogP contribution in [0.25, 0.3) is 34.2 Å². The normalized spacial score (nSPS) is 15.7. The molecule has 12 heterocycles. The third-order valence-corrected chi connectivity index (χ3v) is 25.1. The number of nitrogens with two attached hydrogens (primary N) is 1. The number of piperidine rings is 2. The van der Waals surface area contributed by atoms with Crippen LogP contribution in [-0.4, -0.2) is 197 Å². The number of fused-ring (bicyclic) bond motifs is 6. The van der Waals surface area contributed by atoms with Gasteiger partial charge in [-0.25, -0.2) is 9.97 Å². The van der Waals surface area contributed by atoms with Gasteiger partial charge in [-0.3, -0.25) is 59.3 Å². The van der Waals surface area contributed by atoms with Gasteiger partial charge in [0.25, 0.3) is 0 Å². The number of primary amides is 1. The van der Waals surface area contributed by atoms with E-state index in [9.17, 15) is 14.4 Å². The van der Waals surface area contributed by atoms with Crippen molar-refractivity contribution < 1.29 is 28.6 Å². The smallest absolute Gasteiger partial charge is 0.248 e. The van der Waals surface area contributed by atoms with Crippen molar-refractivity contribution in [3.8, 4) is 45.7 Å². The summed E-state index contributed by atoms with van der Waals surface area (Å²) in [4.78, 5) is 76.0. The van der Waals surface area contributed by atoms with Crippen LogP contribution in [0.2, 0.25) is 0 Å². The topological polar surface area (TPSA) is 326 Å². The van der Waals surface area contributed by atoms with E-state index in [-0.39, 0.29) is 11.7 Å². The fourth-order valence-electron chi connectivity index (χ4n) is 17.9. The van der Waals surface area contributed by atoms with Crippen LogP contribution in [0.3, 0.4) is 0 Å². The molecule has 9 aliphatic rings. The average molecular weight is 1730 g/mol. The zero-order chi connectivity index (χ0) is 88.5. The highest BCUT2D eigenvalue weighted by Crippen LogP contribution is 2.36. The Kier molecular flexibility index (Phi) is 27.6. The molecule has 0 atom stereocenters. The summed E-state index contributed by atoms with van der Waals surface area (Å²) in [5.41, 5.74) is 36.1. The lowest BCUT2D eigenvalue weighted by Gasteiger charge is -2.26. The third-order valence-electron chi connectivity index (χ3n) is 25.1. The monoisotopic (exact) mass is 1730 g/mol. The maximum absolute atomic E-state index is 12.7. The van der Waals surface area contributed by atoms with Crippen molar-refractivity contribution >= 4 is 51.8 Å². The van der Waals surface area contributed by atoms with Crippen LogP contribution in [0.1, 0.15) is 185 Å². The molecule has 0 bridgehead atoms. The number of nitrogens with one attached hydrogen (secondary N) is 4. The number of aliphatic imine (C=N–C) groups is 5. The Morgan fingerprint density at radius 3 is 1.48 bits per heavy atom. The number of unbranched alkanes of at least 4 members (excludes halogenated alkanes) is 1. The number of nitrogens with zero attached hydrogens (tertiary/aromatic N) is 15. The molecule has 0 radical (unpaired) electrons. The van der Waals surface area contributed by atoms with Crippen molar-refractivity contribution in [1.29, 1.82) is 0 Å². The van der Waals surface area contributed by atoms with Gasteiger partial charge in [0.1, 0.15) is 30.8 Å². The predicted molar refractivity (Wildman–Crippen MR) is 507 cm³/mol. The number of aromatic amines is 3.